The molecule has 5 N–H and O–H groups in total. The van der Waals surface area contributed by atoms with Gasteiger partial charge in [0.15, 0.2) is 5.40 Å². The fourth-order valence-electron chi connectivity index (χ4n) is 1.42. The Morgan fingerprint density at radius 2 is 1.53 bits per heavy atom. The van der Waals surface area contributed by atoms with Gasteiger partial charge in [0.25, 0.3) is 0 Å². The van der Waals surface area contributed by atoms with Gasteiger partial charge in [-0.1, -0.05) is 6.92 Å². The zero-order chi connectivity index (χ0) is 13.9. The van der Waals surface area contributed by atoms with E-state index < -0.39 is 26.8 Å². The van der Waals surface area contributed by atoms with Crippen LogP contribution in [0.1, 0.15) is 20.3 Å². The van der Waals surface area contributed by atoms with Crippen molar-refractivity contribution in [2.75, 3.05) is 13.1 Å². The maximum absolute atomic E-state index is 11.0. The van der Waals surface area contributed by atoms with E-state index in [9.17, 15) is 14.2 Å². The summed E-state index contributed by atoms with van der Waals surface area (Å²) < 4.78 is 21.9. The average Bonchev–Trinajstić information content (AvgIpc) is 2.07. The van der Waals surface area contributed by atoms with Crippen molar-refractivity contribution in [2.45, 2.75) is 31.9 Å². The van der Waals surface area contributed by atoms with Crippen molar-refractivity contribution in [3.63, 3.8) is 0 Å². The average molecular weight is 291 g/mol. The zero-order valence-electron chi connectivity index (χ0n) is 9.67. The summed E-state index contributed by atoms with van der Waals surface area (Å²) in [7, 11) is -9.73. The van der Waals surface area contributed by atoms with E-state index in [1.165, 1.54) is 11.8 Å². The molecule has 0 fully saturated rings. The minimum Gasteiger partial charge on any atom is -0.379 e. The fraction of sp³-hybridized carbons (Fsp3) is 1.00. The molecule has 8 nitrogen and oxygen atoms in total. The normalized spacial score (nSPS) is 15.6. The van der Waals surface area contributed by atoms with Crippen molar-refractivity contribution in [3.05, 3.63) is 0 Å². The first-order valence-electron chi connectivity index (χ1n) is 5.02. The first kappa shape index (κ1) is 17.2. The van der Waals surface area contributed by atoms with Crippen molar-refractivity contribution in [1.82, 2.24) is 4.90 Å². The smallest absolute Gasteiger partial charge is 0.340 e. The van der Waals surface area contributed by atoms with E-state index in [0.29, 0.717) is 6.54 Å². The molecule has 0 saturated heterocycles. The standard InChI is InChI=1S/C7H19NO7P2/c1-3-8(6(2)9)5-4-7(16(10,11)12)17(13,14)15/h6-7,9H,3-5H2,1-2H3,(H2,10,11,12)(H2,13,14,15). The van der Waals surface area contributed by atoms with Crippen LogP contribution in [0.2, 0.25) is 0 Å². The van der Waals surface area contributed by atoms with Crippen LogP contribution in [0.15, 0.2) is 0 Å². The minimum absolute atomic E-state index is 0.00491. The van der Waals surface area contributed by atoms with Gasteiger partial charge < -0.3 is 24.7 Å². The molecule has 0 aromatic carbocycles. The lowest BCUT2D eigenvalue weighted by Crippen LogP contribution is -2.35. The van der Waals surface area contributed by atoms with Crippen molar-refractivity contribution >= 4 is 15.2 Å². The third kappa shape index (κ3) is 6.08. The summed E-state index contributed by atoms with van der Waals surface area (Å²) in [6.07, 6.45) is -1.22. The molecule has 0 saturated carbocycles. The van der Waals surface area contributed by atoms with Crippen molar-refractivity contribution in [3.8, 4) is 0 Å². The molecule has 1 atom stereocenters. The van der Waals surface area contributed by atoms with Crippen molar-refractivity contribution in [2.24, 2.45) is 0 Å². The molecule has 1 unspecified atom stereocenters. The molecule has 0 spiro atoms. The second-order valence-electron chi connectivity index (χ2n) is 3.71. The lowest BCUT2D eigenvalue weighted by Gasteiger charge is -2.26. The molecule has 17 heavy (non-hydrogen) atoms. The maximum atomic E-state index is 11.0. The number of hydrogen-bond donors (Lipinski definition) is 5. The number of rotatable bonds is 7. The Labute approximate surface area is 99.6 Å². The number of nitrogens with zero attached hydrogens (tertiary/aromatic N) is 1. The van der Waals surface area contributed by atoms with Crippen LogP contribution in [-0.4, -0.2) is 54.3 Å². The Hall–Kier alpha value is 0.220. The SMILES string of the molecule is CCN(CCC(P(=O)(O)O)P(=O)(O)O)C(C)O. The van der Waals surface area contributed by atoms with E-state index in [2.05, 4.69) is 0 Å². The molecule has 0 radical (unpaired) electrons. The van der Waals surface area contributed by atoms with Gasteiger partial charge in [-0.05, 0) is 19.9 Å². The summed E-state index contributed by atoms with van der Waals surface area (Å²) in [5.74, 6) is 0. The van der Waals surface area contributed by atoms with Gasteiger partial charge in [-0.25, -0.2) is 0 Å². The number of aliphatic hydroxyl groups is 1. The molecule has 10 heteroatoms. The first-order valence-corrected chi connectivity index (χ1v) is 8.39. The van der Waals surface area contributed by atoms with Gasteiger partial charge in [0.2, 0.25) is 0 Å². The van der Waals surface area contributed by atoms with Crippen LogP contribution in [0, 0.1) is 0 Å². The molecule has 0 rings (SSSR count). The van der Waals surface area contributed by atoms with Crippen LogP contribution in [0.25, 0.3) is 0 Å². The topological polar surface area (TPSA) is 139 Å². The predicted molar refractivity (Wildman–Crippen MR) is 61.4 cm³/mol. The van der Waals surface area contributed by atoms with Gasteiger partial charge in [0.05, 0.1) is 0 Å². The van der Waals surface area contributed by atoms with E-state index in [1.807, 2.05) is 0 Å². The maximum Gasteiger partial charge on any atom is 0.340 e. The predicted octanol–water partition coefficient (Wildman–Crippen LogP) is -0.282. The summed E-state index contributed by atoms with van der Waals surface area (Å²) in [4.78, 5) is 36.9. The molecule has 0 bridgehead atoms. The third-order valence-electron chi connectivity index (χ3n) is 2.39. The molecule has 0 aliphatic heterocycles. The lowest BCUT2D eigenvalue weighted by molar-refractivity contribution is 0.0219. The van der Waals surface area contributed by atoms with Gasteiger partial charge in [-0.3, -0.25) is 14.0 Å². The van der Waals surface area contributed by atoms with Crippen LogP contribution < -0.4 is 0 Å². The molecule has 0 amide bonds. The van der Waals surface area contributed by atoms with Crippen molar-refractivity contribution in [1.29, 1.82) is 0 Å². The Balaban J connectivity index is 4.70. The number of hydrogen-bond acceptors (Lipinski definition) is 4. The van der Waals surface area contributed by atoms with E-state index in [-0.39, 0.29) is 13.0 Å². The third-order valence-corrected chi connectivity index (χ3v) is 6.26. The number of aliphatic hydroxyl groups excluding tert-OH is 1. The molecule has 104 valence electrons. The Morgan fingerprint density at radius 1 is 1.12 bits per heavy atom. The zero-order valence-corrected chi connectivity index (χ0v) is 11.5. The molecule has 0 aromatic heterocycles. The van der Waals surface area contributed by atoms with Crippen LogP contribution in [0.3, 0.4) is 0 Å². The summed E-state index contributed by atoms with van der Waals surface area (Å²) in [6.45, 7) is 3.59. The van der Waals surface area contributed by atoms with E-state index in [1.54, 1.807) is 6.92 Å². The quantitative estimate of drug-likeness (QED) is 0.319. The minimum atomic E-state index is -4.87. The highest BCUT2D eigenvalue weighted by atomic mass is 31.2. The summed E-state index contributed by atoms with van der Waals surface area (Å²) in [6, 6.07) is 0. The molecule has 0 aliphatic rings. The van der Waals surface area contributed by atoms with Crippen LogP contribution in [0.5, 0.6) is 0 Å². The van der Waals surface area contributed by atoms with Gasteiger partial charge in [0, 0.05) is 6.54 Å². The fourth-order valence-corrected chi connectivity index (χ4v) is 3.89. The highest BCUT2D eigenvalue weighted by Gasteiger charge is 2.43. The highest BCUT2D eigenvalue weighted by Crippen LogP contribution is 2.61. The monoisotopic (exact) mass is 291 g/mol. The Kier molecular flexibility index (Phi) is 6.49. The molecule has 0 aromatic rings. The van der Waals surface area contributed by atoms with Gasteiger partial charge in [0.1, 0.15) is 6.23 Å². The molecule has 0 heterocycles. The summed E-state index contributed by atoms with van der Waals surface area (Å²) in [5, 5.41) is 7.26. The molecular formula is C7H19NO7P2. The van der Waals surface area contributed by atoms with E-state index in [0.717, 1.165) is 0 Å². The van der Waals surface area contributed by atoms with Crippen molar-refractivity contribution < 1.29 is 33.8 Å². The van der Waals surface area contributed by atoms with E-state index in [4.69, 9.17) is 19.6 Å². The second kappa shape index (κ2) is 6.41. The summed E-state index contributed by atoms with van der Waals surface area (Å²) >= 11 is 0. The molecule has 0 aliphatic carbocycles. The largest absolute Gasteiger partial charge is 0.379 e. The van der Waals surface area contributed by atoms with Gasteiger partial charge in [-0.15, -0.1) is 0 Å². The lowest BCUT2D eigenvalue weighted by atomic mass is 10.4. The van der Waals surface area contributed by atoms with Crippen LogP contribution >= 0.6 is 15.2 Å². The molecular weight excluding hydrogens is 272 g/mol. The highest BCUT2D eigenvalue weighted by molar-refractivity contribution is 7.70. The van der Waals surface area contributed by atoms with E-state index >= 15 is 0 Å². The Morgan fingerprint density at radius 3 is 1.76 bits per heavy atom. The first-order chi connectivity index (χ1) is 7.50. The van der Waals surface area contributed by atoms with Crippen LogP contribution in [-0.2, 0) is 9.13 Å². The second-order valence-corrected chi connectivity index (χ2v) is 7.72. The summed E-state index contributed by atoms with van der Waals surface area (Å²) in [5.41, 5.74) is 0. The van der Waals surface area contributed by atoms with Gasteiger partial charge >= 0.3 is 15.2 Å². The Bertz CT molecular complexity index is 300. The van der Waals surface area contributed by atoms with Crippen LogP contribution in [0.4, 0.5) is 0 Å². The van der Waals surface area contributed by atoms with Gasteiger partial charge in [-0.2, -0.15) is 0 Å².